The summed E-state index contributed by atoms with van der Waals surface area (Å²) in [7, 11) is 0. The van der Waals surface area contributed by atoms with Crippen LogP contribution in [0.25, 0.3) is 6.08 Å². The van der Waals surface area contributed by atoms with E-state index >= 15 is 0 Å². The summed E-state index contributed by atoms with van der Waals surface area (Å²) < 4.78 is 0. The lowest BCUT2D eigenvalue weighted by Crippen LogP contribution is -2.08. The van der Waals surface area contributed by atoms with Gasteiger partial charge in [0.1, 0.15) is 0 Å². The van der Waals surface area contributed by atoms with Gasteiger partial charge in [-0.1, -0.05) is 26.8 Å². The van der Waals surface area contributed by atoms with Crippen LogP contribution in [0.2, 0.25) is 0 Å². The van der Waals surface area contributed by atoms with Gasteiger partial charge < -0.3 is 0 Å². The summed E-state index contributed by atoms with van der Waals surface area (Å²) in [5.74, 6) is 0. The van der Waals surface area contributed by atoms with Gasteiger partial charge in [-0.25, -0.2) is 0 Å². The highest BCUT2D eigenvalue weighted by atomic mass is 32.1. The molecule has 0 unspecified atom stereocenters. The topological polar surface area (TPSA) is 0 Å². The first-order valence-corrected chi connectivity index (χ1v) is 5.19. The summed E-state index contributed by atoms with van der Waals surface area (Å²) >= 11 is 1.94. The molecule has 12 heavy (non-hydrogen) atoms. The van der Waals surface area contributed by atoms with Crippen molar-refractivity contribution < 1.29 is 0 Å². The van der Waals surface area contributed by atoms with Gasteiger partial charge >= 0.3 is 0 Å². The van der Waals surface area contributed by atoms with Crippen LogP contribution in [0.3, 0.4) is 0 Å². The van der Waals surface area contributed by atoms with Gasteiger partial charge in [0.2, 0.25) is 0 Å². The zero-order valence-corrected chi connectivity index (χ0v) is 8.66. The van der Waals surface area contributed by atoms with Crippen LogP contribution in [-0.4, -0.2) is 0 Å². The lowest BCUT2D eigenvalue weighted by atomic mass is 9.94. The van der Waals surface area contributed by atoms with Crippen molar-refractivity contribution in [3.05, 3.63) is 27.5 Å². The van der Waals surface area contributed by atoms with Crippen LogP contribution < -0.4 is 0 Å². The normalized spacial score (nSPS) is 15.2. The van der Waals surface area contributed by atoms with Crippen LogP contribution in [0.5, 0.6) is 0 Å². The molecule has 1 aliphatic carbocycles. The first kappa shape index (κ1) is 8.06. The van der Waals surface area contributed by atoms with Gasteiger partial charge in [0.15, 0.2) is 0 Å². The fraction of sp³-hybridized carbons (Fsp3) is 0.455. The predicted octanol–water partition coefficient (Wildman–Crippen LogP) is 3.61. The molecule has 0 spiro atoms. The summed E-state index contributed by atoms with van der Waals surface area (Å²) in [6, 6.07) is 2.36. The summed E-state index contributed by atoms with van der Waals surface area (Å²) in [5, 5.41) is 0. The van der Waals surface area contributed by atoms with E-state index in [0.29, 0.717) is 5.41 Å². The van der Waals surface area contributed by atoms with E-state index in [9.17, 15) is 0 Å². The molecule has 0 nitrogen and oxygen atoms in total. The van der Waals surface area contributed by atoms with Gasteiger partial charge in [-0.3, -0.25) is 0 Å². The van der Waals surface area contributed by atoms with Gasteiger partial charge in [-0.15, -0.1) is 11.3 Å². The highest BCUT2D eigenvalue weighted by molar-refractivity contribution is 7.13. The Kier molecular flexibility index (Phi) is 1.65. The van der Waals surface area contributed by atoms with Crippen molar-refractivity contribution in [3.8, 4) is 0 Å². The molecule has 1 aliphatic rings. The van der Waals surface area contributed by atoms with Crippen LogP contribution in [0.4, 0.5) is 0 Å². The second-order valence-corrected chi connectivity index (χ2v) is 5.44. The molecule has 1 aromatic heterocycles. The summed E-state index contributed by atoms with van der Waals surface area (Å²) in [6.45, 7) is 6.83. The molecular weight excluding hydrogens is 164 g/mol. The molecule has 0 aromatic carbocycles. The summed E-state index contributed by atoms with van der Waals surface area (Å²) in [6.07, 6.45) is 5.63. The Labute approximate surface area is 77.9 Å². The number of fused-ring (bicyclic) bond motifs is 1. The third-order valence-electron chi connectivity index (χ3n) is 2.19. The van der Waals surface area contributed by atoms with Gasteiger partial charge in [-0.05, 0) is 29.5 Å². The summed E-state index contributed by atoms with van der Waals surface area (Å²) in [5.41, 5.74) is 1.84. The van der Waals surface area contributed by atoms with Crippen molar-refractivity contribution in [2.45, 2.75) is 32.6 Å². The first-order valence-electron chi connectivity index (χ1n) is 4.37. The van der Waals surface area contributed by atoms with Gasteiger partial charge in [-0.2, -0.15) is 0 Å². The van der Waals surface area contributed by atoms with Crippen LogP contribution >= 0.6 is 11.3 Å². The van der Waals surface area contributed by atoms with Crippen molar-refractivity contribution >= 4 is 17.4 Å². The lowest BCUT2D eigenvalue weighted by molar-refractivity contribution is 0.603. The fourth-order valence-corrected chi connectivity index (χ4v) is 2.59. The third kappa shape index (κ3) is 1.22. The van der Waals surface area contributed by atoms with Gasteiger partial charge in [0.05, 0.1) is 0 Å². The van der Waals surface area contributed by atoms with E-state index in [4.69, 9.17) is 0 Å². The minimum atomic E-state index is 0.322. The fourth-order valence-electron chi connectivity index (χ4n) is 1.41. The Morgan fingerprint density at radius 1 is 1.33 bits per heavy atom. The Hall–Kier alpha value is -0.560. The average Bonchev–Trinajstić information content (AvgIpc) is 2.37. The van der Waals surface area contributed by atoms with E-state index in [0.717, 1.165) is 6.42 Å². The molecule has 64 valence electrons. The standard InChI is InChI=1S/C11H14S/c1-11(2,3)10-7-8-5-4-6-9(8)12-10/h4,6-7H,5H2,1-3H3. The smallest absolute Gasteiger partial charge is 0.0305 e. The maximum atomic E-state index is 2.36. The lowest BCUT2D eigenvalue weighted by Gasteiger charge is -2.15. The molecular formula is C11H14S. The number of allylic oxidation sites excluding steroid dienone is 1. The molecule has 0 N–H and O–H groups in total. The Morgan fingerprint density at radius 3 is 2.67 bits per heavy atom. The maximum Gasteiger partial charge on any atom is 0.0305 e. The van der Waals surface area contributed by atoms with E-state index in [1.54, 1.807) is 0 Å². The Bertz CT molecular complexity index is 323. The molecule has 2 rings (SSSR count). The van der Waals surface area contributed by atoms with E-state index < -0.39 is 0 Å². The van der Waals surface area contributed by atoms with E-state index in [1.165, 1.54) is 15.3 Å². The molecule has 0 atom stereocenters. The summed E-state index contributed by atoms with van der Waals surface area (Å²) in [4.78, 5) is 2.98. The molecule has 0 fully saturated rings. The number of thiophene rings is 1. The van der Waals surface area contributed by atoms with Crippen molar-refractivity contribution in [2.75, 3.05) is 0 Å². The van der Waals surface area contributed by atoms with Crippen LogP contribution in [0.15, 0.2) is 12.1 Å². The first-order chi connectivity index (χ1) is 5.57. The number of rotatable bonds is 0. The highest BCUT2D eigenvalue weighted by Gasteiger charge is 2.19. The van der Waals surface area contributed by atoms with Gasteiger partial charge in [0, 0.05) is 9.75 Å². The van der Waals surface area contributed by atoms with Crippen molar-refractivity contribution in [1.82, 2.24) is 0 Å². The number of hydrogen-bond acceptors (Lipinski definition) is 1. The zero-order valence-electron chi connectivity index (χ0n) is 7.85. The Morgan fingerprint density at radius 2 is 2.08 bits per heavy atom. The van der Waals surface area contributed by atoms with E-state index in [1.807, 2.05) is 11.3 Å². The minimum Gasteiger partial charge on any atom is -0.140 e. The van der Waals surface area contributed by atoms with Crippen molar-refractivity contribution in [2.24, 2.45) is 0 Å². The minimum absolute atomic E-state index is 0.322. The van der Waals surface area contributed by atoms with Crippen LogP contribution in [-0.2, 0) is 11.8 Å². The predicted molar refractivity (Wildman–Crippen MR) is 55.8 cm³/mol. The molecule has 1 heteroatoms. The third-order valence-corrected chi connectivity index (χ3v) is 3.76. The monoisotopic (exact) mass is 178 g/mol. The SMILES string of the molecule is CC(C)(C)c1cc2c(s1)C=CC2. The molecule has 0 bridgehead atoms. The second kappa shape index (κ2) is 2.46. The van der Waals surface area contributed by atoms with Crippen LogP contribution in [0, 0.1) is 0 Å². The molecule has 0 aliphatic heterocycles. The van der Waals surface area contributed by atoms with E-state index in [-0.39, 0.29) is 0 Å². The molecule has 0 saturated heterocycles. The molecule has 0 saturated carbocycles. The van der Waals surface area contributed by atoms with Crippen LogP contribution in [0.1, 0.15) is 36.1 Å². The van der Waals surface area contributed by atoms with Crippen molar-refractivity contribution in [3.63, 3.8) is 0 Å². The second-order valence-electron chi connectivity index (χ2n) is 4.36. The molecule has 0 amide bonds. The zero-order chi connectivity index (χ0) is 8.77. The largest absolute Gasteiger partial charge is 0.140 e. The molecule has 1 heterocycles. The quantitative estimate of drug-likeness (QED) is 0.569. The van der Waals surface area contributed by atoms with Crippen molar-refractivity contribution in [1.29, 1.82) is 0 Å². The Balaban J connectivity index is 2.43. The highest BCUT2D eigenvalue weighted by Crippen LogP contribution is 2.35. The molecule has 0 radical (unpaired) electrons. The molecule has 1 aromatic rings. The maximum absolute atomic E-state index is 2.36. The average molecular weight is 178 g/mol. The number of hydrogen-bond donors (Lipinski definition) is 0. The van der Waals surface area contributed by atoms with Gasteiger partial charge in [0.25, 0.3) is 0 Å². The van der Waals surface area contributed by atoms with E-state index in [2.05, 4.69) is 39.0 Å².